The van der Waals surface area contributed by atoms with Crippen molar-refractivity contribution in [2.24, 2.45) is 10.9 Å². The van der Waals surface area contributed by atoms with E-state index in [4.69, 9.17) is 0 Å². The number of amides is 1. The van der Waals surface area contributed by atoms with Crippen molar-refractivity contribution in [2.75, 3.05) is 39.8 Å². The van der Waals surface area contributed by atoms with Gasteiger partial charge in [0.1, 0.15) is 0 Å². The molecule has 1 aromatic carbocycles. The normalized spacial score (nSPS) is 24.9. The Morgan fingerprint density at radius 2 is 1.87 bits per heavy atom. The van der Waals surface area contributed by atoms with Crippen molar-refractivity contribution in [3.63, 3.8) is 0 Å². The average molecular weight is 524 g/mol. The van der Waals surface area contributed by atoms with E-state index in [-0.39, 0.29) is 35.3 Å². The number of halogens is 1. The Labute approximate surface area is 198 Å². The summed E-state index contributed by atoms with van der Waals surface area (Å²) in [5, 5.41) is 3.67. The minimum atomic E-state index is 0. The molecule has 1 N–H and O–H groups in total. The molecule has 1 aromatic rings. The molecule has 4 rings (SSSR count). The van der Waals surface area contributed by atoms with E-state index in [1.807, 2.05) is 11.9 Å². The number of likely N-dealkylation sites (tertiary alicyclic amines) is 2. The van der Waals surface area contributed by atoms with Crippen LogP contribution in [0.4, 0.5) is 0 Å². The minimum Gasteiger partial charge on any atom is -0.356 e. The SMILES string of the molecule is CN=C(NCC1CCN(C(C)=O)CC1)N1CCCC2(CCCc3ccccc32)C1.I. The lowest BCUT2D eigenvalue weighted by Crippen LogP contribution is -2.54. The average Bonchev–Trinajstić information content (AvgIpc) is 2.75. The lowest BCUT2D eigenvalue weighted by molar-refractivity contribution is -0.130. The summed E-state index contributed by atoms with van der Waals surface area (Å²) in [6, 6.07) is 9.11. The number of aliphatic imine (C=N–C) groups is 1. The predicted octanol–water partition coefficient (Wildman–Crippen LogP) is 3.81. The van der Waals surface area contributed by atoms with Gasteiger partial charge in [0.15, 0.2) is 5.96 Å². The molecular weight excluding hydrogens is 487 g/mol. The van der Waals surface area contributed by atoms with Gasteiger partial charge in [-0.2, -0.15) is 0 Å². The number of hydrogen-bond donors (Lipinski definition) is 1. The van der Waals surface area contributed by atoms with Gasteiger partial charge in [0.05, 0.1) is 0 Å². The highest BCUT2D eigenvalue weighted by Gasteiger charge is 2.40. The first kappa shape index (κ1) is 23.4. The van der Waals surface area contributed by atoms with Crippen LogP contribution in [0.15, 0.2) is 29.3 Å². The number of aryl methyl sites for hydroxylation is 1. The molecule has 5 nitrogen and oxygen atoms in total. The number of hydrogen-bond acceptors (Lipinski definition) is 2. The number of guanidine groups is 1. The maximum atomic E-state index is 11.5. The summed E-state index contributed by atoms with van der Waals surface area (Å²) in [4.78, 5) is 20.7. The van der Waals surface area contributed by atoms with Crippen LogP contribution in [-0.4, -0.2) is 61.4 Å². The molecule has 1 spiro atoms. The maximum absolute atomic E-state index is 11.5. The number of nitrogens with one attached hydrogen (secondary N) is 1. The number of nitrogens with zero attached hydrogens (tertiary/aromatic N) is 3. The zero-order valence-corrected chi connectivity index (χ0v) is 20.9. The first-order valence-corrected chi connectivity index (χ1v) is 11.4. The third kappa shape index (κ3) is 4.94. The van der Waals surface area contributed by atoms with Gasteiger partial charge in [-0.15, -0.1) is 24.0 Å². The smallest absolute Gasteiger partial charge is 0.219 e. The van der Waals surface area contributed by atoms with E-state index in [0.717, 1.165) is 51.5 Å². The van der Waals surface area contributed by atoms with E-state index < -0.39 is 0 Å². The number of rotatable bonds is 2. The lowest BCUT2D eigenvalue weighted by atomic mass is 9.66. The number of carbonyl (C=O) groups excluding carboxylic acids is 1. The van der Waals surface area contributed by atoms with Crippen molar-refractivity contribution in [1.82, 2.24) is 15.1 Å². The highest BCUT2D eigenvalue weighted by Crippen LogP contribution is 2.43. The van der Waals surface area contributed by atoms with Gasteiger partial charge >= 0.3 is 0 Å². The fourth-order valence-electron chi connectivity index (χ4n) is 5.76. The van der Waals surface area contributed by atoms with Gasteiger partial charge in [0.25, 0.3) is 0 Å². The Morgan fingerprint density at radius 1 is 1.13 bits per heavy atom. The van der Waals surface area contributed by atoms with Gasteiger partial charge in [0, 0.05) is 52.1 Å². The Hall–Kier alpha value is -1.31. The number of benzene rings is 1. The highest BCUT2D eigenvalue weighted by molar-refractivity contribution is 14.0. The fourth-order valence-corrected chi connectivity index (χ4v) is 5.76. The topological polar surface area (TPSA) is 47.9 Å². The Kier molecular flexibility index (Phi) is 8.04. The Balaban J connectivity index is 0.00000256. The third-order valence-electron chi connectivity index (χ3n) is 7.39. The number of fused-ring (bicyclic) bond motifs is 2. The zero-order chi connectivity index (χ0) is 20.3. The molecule has 0 bridgehead atoms. The molecule has 2 aliphatic heterocycles. The molecule has 1 amide bonds. The molecule has 1 atom stereocenters. The molecule has 166 valence electrons. The minimum absolute atomic E-state index is 0. The Bertz CT molecular complexity index is 759. The van der Waals surface area contributed by atoms with Gasteiger partial charge in [-0.05, 0) is 62.0 Å². The van der Waals surface area contributed by atoms with E-state index in [2.05, 4.69) is 39.5 Å². The van der Waals surface area contributed by atoms with Crippen LogP contribution < -0.4 is 5.32 Å². The van der Waals surface area contributed by atoms with Crippen LogP contribution in [-0.2, 0) is 16.6 Å². The van der Waals surface area contributed by atoms with E-state index in [1.54, 1.807) is 18.1 Å². The molecule has 0 saturated carbocycles. The number of piperidine rings is 2. The monoisotopic (exact) mass is 524 g/mol. The number of carbonyl (C=O) groups is 1. The van der Waals surface area contributed by atoms with Gasteiger partial charge in [-0.1, -0.05) is 24.3 Å². The van der Waals surface area contributed by atoms with Crippen molar-refractivity contribution >= 4 is 35.8 Å². The molecule has 3 aliphatic rings. The van der Waals surface area contributed by atoms with Crippen molar-refractivity contribution in [3.05, 3.63) is 35.4 Å². The second-order valence-electron chi connectivity index (χ2n) is 9.19. The summed E-state index contributed by atoms with van der Waals surface area (Å²) >= 11 is 0. The van der Waals surface area contributed by atoms with Crippen LogP contribution in [0, 0.1) is 5.92 Å². The van der Waals surface area contributed by atoms with Gasteiger partial charge < -0.3 is 15.1 Å². The van der Waals surface area contributed by atoms with Crippen LogP contribution in [0.2, 0.25) is 0 Å². The third-order valence-corrected chi connectivity index (χ3v) is 7.39. The van der Waals surface area contributed by atoms with Crippen LogP contribution >= 0.6 is 24.0 Å². The summed E-state index contributed by atoms with van der Waals surface area (Å²) < 4.78 is 0. The molecule has 2 fully saturated rings. The summed E-state index contributed by atoms with van der Waals surface area (Å²) in [5.74, 6) is 1.89. The highest BCUT2D eigenvalue weighted by atomic mass is 127. The standard InChI is InChI=1S/C24H36N4O.HI/c1-19(29)27-15-10-20(11-16-27)17-26-23(25-2)28-14-6-13-24(18-28)12-5-8-21-7-3-4-9-22(21)24;/h3-4,7,9,20H,5-6,8,10-18H2,1-2H3,(H,25,26);1H. The molecule has 0 aromatic heterocycles. The predicted molar refractivity (Wildman–Crippen MR) is 134 cm³/mol. The zero-order valence-electron chi connectivity index (χ0n) is 18.5. The van der Waals surface area contributed by atoms with Crippen LogP contribution in [0.25, 0.3) is 0 Å². The molecule has 2 heterocycles. The van der Waals surface area contributed by atoms with Gasteiger partial charge in [-0.3, -0.25) is 9.79 Å². The molecular formula is C24H37IN4O. The van der Waals surface area contributed by atoms with E-state index in [1.165, 1.54) is 32.1 Å². The first-order valence-electron chi connectivity index (χ1n) is 11.4. The Morgan fingerprint density at radius 3 is 2.60 bits per heavy atom. The summed E-state index contributed by atoms with van der Waals surface area (Å²) in [5.41, 5.74) is 3.43. The largest absolute Gasteiger partial charge is 0.356 e. The molecule has 30 heavy (non-hydrogen) atoms. The lowest BCUT2D eigenvalue weighted by Gasteiger charge is -2.47. The van der Waals surface area contributed by atoms with Crippen molar-refractivity contribution < 1.29 is 4.79 Å². The van der Waals surface area contributed by atoms with Crippen molar-refractivity contribution in [3.8, 4) is 0 Å². The maximum Gasteiger partial charge on any atom is 0.219 e. The first-order chi connectivity index (χ1) is 14.1. The van der Waals surface area contributed by atoms with Crippen LogP contribution in [0.1, 0.15) is 56.6 Å². The molecule has 6 heteroatoms. The van der Waals surface area contributed by atoms with E-state index in [9.17, 15) is 4.79 Å². The van der Waals surface area contributed by atoms with Crippen molar-refractivity contribution in [1.29, 1.82) is 0 Å². The molecule has 2 saturated heterocycles. The molecule has 0 radical (unpaired) electrons. The van der Waals surface area contributed by atoms with E-state index >= 15 is 0 Å². The summed E-state index contributed by atoms with van der Waals surface area (Å²) in [6.45, 7) is 6.58. The second kappa shape index (κ2) is 10.3. The molecule has 1 unspecified atom stereocenters. The fraction of sp³-hybridized carbons (Fsp3) is 0.667. The van der Waals surface area contributed by atoms with Crippen molar-refractivity contribution in [2.45, 2.75) is 57.3 Å². The van der Waals surface area contributed by atoms with Gasteiger partial charge in [-0.25, -0.2) is 0 Å². The van der Waals surface area contributed by atoms with E-state index in [0.29, 0.717) is 5.92 Å². The van der Waals surface area contributed by atoms with Crippen LogP contribution in [0.5, 0.6) is 0 Å². The summed E-state index contributed by atoms with van der Waals surface area (Å²) in [6.07, 6.45) is 8.51. The summed E-state index contributed by atoms with van der Waals surface area (Å²) in [7, 11) is 1.91. The van der Waals surface area contributed by atoms with Gasteiger partial charge in [0.2, 0.25) is 5.91 Å². The van der Waals surface area contributed by atoms with Crippen LogP contribution in [0.3, 0.4) is 0 Å². The quantitative estimate of drug-likeness (QED) is 0.364. The molecule has 1 aliphatic carbocycles. The second-order valence-corrected chi connectivity index (χ2v) is 9.19.